The van der Waals surface area contributed by atoms with Gasteiger partial charge in [-0.05, 0) is 19.0 Å². The Hall–Kier alpha value is -1.66. The molecule has 1 aliphatic heterocycles. The molecule has 1 heterocycles. The number of piperidine rings is 1. The zero-order chi connectivity index (χ0) is 15.6. The minimum absolute atomic E-state index is 0.0164. The van der Waals surface area contributed by atoms with Gasteiger partial charge in [0, 0.05) is 18.7 Å². The molecule has 2 N–H and O–H groups in total. The van der Waals surface area contributed by atoms with E-state index in [1.165, 1.54) is 6.07 Å². The molecule has 1 fully saturated rings. The lowest BCUT2D eigenvalue weighted by atomic mass is 9.85. The smallest absolute Gasteiger partial charge is 0.308 e. The van der Waals surface area contributed by atoms with Crippen LogP contribution in [0.25, 0.3) is 0 Å². The van der Waals surface area contributed by atoms with Crippen molar-refractivity contribution in [2.75, 3.05) is 13.1 Å². The highest BCUT2D eigenvalue weighted by atomic mass is 35.5. The van der Waals surface area contributed by atoms with E-state index in [1.54, 1.807) is 17.0 Å². The van der Waals surface area contributed by atoms with Crippen molar-refractivity contribution in [2.24, 2.45) is 11.8 Å². The van der Waals surface area contributed by atoms with Crippen molar-refractivity contribution in [1.82, 2.24) is 4.90 Å². The van der Waals surface area contributed by atoms with Crippen molar-refractivity contribution in [1.29, 1.82) is 0 Å². The van der Waals surface area contributed by atoms with Crippen LogP contribution in [0, 0.1) is 17.7 Å². The van der Waals surface area contributed by atoms with Gasteiger partial charge >= 0.3 is 11.9 Å². The molecular weight excluding hydrogens is 301 g/mol. The molecule has 0 spiro atoms. The SMILES string of the molecule is O=C(O)C1CCN(Cc2cccc(Cl)c2F)CC1C(=O)O. The van der Waals surface area contributed by atoms with Crippen LogP contribution in [0.5, 0.6) is 0 Å². The molecule has 5 nitrogen and oxygen atoms in total. The molecule has 2 atom stereocenters. The molecule has 21 heavy (non-hydrogen) atoms. The Labute approximate surface area is 125 Å². The summed E-state index contributed by atoms with van der Waals surface area (Å²) in [6.07, 6.45) is 0.231. The largest absolute Gasteiger partial charge is 0.481 e. The van der Waals surface area contributed by atoms with Crippen LogP contribution in [0.4, 0.5) is 4.39 Å². The molecule has 1 aromatic rings. The highest BCUT2D eigenvalue weighted by molar-refractivity contribution is 6.30. The predicted octanol–water partition coefficient (Wildman–Crippen LogP) is 2.09. The molecule has 0 amide bonds. The van der Waals surface area contributed by atoms with Crippen molar-refractivity contribution in [3.05, 3.63) is 34.6 Å². The number of nitrogens with zero attached hydrogens (tertiary/aromatic N) is 1. The fraction of sp³-hybridized carbons (Fsp3) is 0.429. The van der Waals surface area contributed by atoms with E-state index >= 15 is 0 Å². The van der Waals surface area contributed by atoms with Crippen LogP contribution in [-0.4, -0.2) is 40.1 Å². The van der Waals surface area contributed by atoms with E-state index in [2.05, 4.69) is 0 Å². The maximum absolute atomic E-state index is 13.8. The second kappa shape index (κ2) is 6.41. The lowest BCUT2D eigenvalue weighted by Crippen LogP contribution is -2.46. The highest BCUT2D eigenvalue weighted by Gasteiger charge is 2.38. The average Bonchev–Trinajstić information content (AvgIpc) is 2.43. The highest BCUT2D eigenvalue weighted by Crippen LogP contribution is 2.27. The quantitative estimate of drug-likeness (QED) is 0.889. The Morgan fingerprint density at radius 3 is 2.57 bits per heavy atom. The topological polar surface area (TPSA) is 77.8 Å². The van der Waals surface area contributed by atoms with Crippen molar-refractivity contribution in [3.63, 3.8) is 0 Å². The summed E-state index contributed by atoms with van der Waals surface area (Å²) < 4.78 is 13.8. The summed E-state index contributed by atoms with van der Waals surface area (Å²) in [7, 11) is 0. The zero-order valence-corrected chi connectivity index (χ0v) is 11.9. The molecule has 0 aromatic heterocycles. The van der Waals surface area contributed by atoms with Gasteiger partial charge < -0.3 is 10.2 Å². The van der Waals surface area contributed by atoms with Gasteiger partial charge in [0.2, 0.25) is 0 Å². The van der Waals surface area contributed by atoms with Crippen LogP contribution in [0.15, 0.2) is 18.2 Å². The molecule has 0 aliphatic carbocycles. The van der Waals surface area contributed by atoms with Crippen LogP contribution in [0.3, 0.4) is 0 Å². The fourth-order valence-electron chi connectivity index (χ4n) is 2.62. The number of halogens is 2. The molecule has 1 saturated heterocycles. The van der Waals surface area contributed by atoms with E-state index in [4.69, 9.17) is 21.8 Å². The molecule has 1 aliphatic rings. The number of rotatable bonds is 4. The molecule has 2 unspecified atom stereocenters. The van der Waals surface area contributed by atoms with Crippen LogP contribution >= 0.6 is 11.6 Å². The maximum atomic E-state index is 13.8. The first kappa shape index (κ1) is 15.7. The summed E-state index contributed by atoms with van der Waals surface area (Å²) in [5.41, 5.74) is 0.375. The number of benzene rings is 1. The minimum atomic E-state index is -1.14. The maximum Gasteiger partial charge on any atom is 0.308 e. The van der Waals surface area contributed by atoms with Gasteiger partial charge in [0.05, 0.1) is 16.9 Å². The Balaban J connectivity index is 2.11. The Morgan fingerprint density at radius 2 is 1.95 bits per heavy atom. The van der Waals surface area contributed by atoms with Crippen molar-refractivity contribution < 1.29 is 24.2 Å². The summed E-state index contributed by atoms with van der Waals surface area (Å²) in [6.45, 7) is 0.702. The van der Waals surface area contributed by atoms with Gasteiger partial charge in [-0.3, -0.25) is 14.5 Å². The first-order chi connectivity index (χ1) is 9.90. The lowest BCUT2D eigenvalue weighted by molar-refractivity contribution is -0.157. The number of carboxylic acid groups (broad SMARTS) is 2. The van der Waals surface area contributed by atoms with E-state index in [9.17, 15) is 14.0 Å². The van der Waals surface area contributed by atoms with Gasteiger partial charge in [0.25, 0.3) is 0 Å². The minimum Gasteiger partial charge on any atom is -0.481 e. The second-order valence-electron chi connectivity index (χ2n) is 5.13. The van der Waals surface area contributed by atoms with Gasteiger partial charge in [-0.1, -0.05) is 23.7 Å². The standard InChI is InChI=1S/C14H15ClFNO4/c15-11-3-1-2-8(12(11)16)6-17-5-4-9(13(18)19)10(7-17)14(20)21/h1-3,9-10H,4-7H2,(H,18,19)(H,20,21). The molecular formula is C14H15ClFNO4. The number of likely N-dealkylation sites (tertiary alicyclic amines) is 1. The van der Waals surface area contributed by atoms with Gasteiger partial charge in [0.15, 0.2) is 0 Å². The van der Waals surface area contributed by atoms with Gasteiger partial charge in [-0.15, -0.1) is 0 Å². The summed E-state index contributed by atoms with van der Waals surface area (Å²) in [5.74, 6) is -4.65. The average molecular weight is 316 g/mol. The summed E-state index contributed by atoms with van der Waals surface area (Å²) in [5, 5.41) is 18.2. The summed E-state index contributed by atoms with van der Waals surface area (Å²) >= 11 is 5.71. The van der Waals surface area contributed by atoms with E-state index < -0.39 is 29.6 Å². The summed E-state index contributed by atoms with van der Waals surface area (Å²) in [6, 6.07) is 4.65. The molecule has 0 saturated carbocycles. The van der Waals surface area contributed by atoms with Crippen molar-refractivity contribution >= 4 is 23.5 Å². The van der Waals surface area contributed by atoms with E-state index in [0.29, 0.717) is 12.1 Å². The molecule has 7 heteroatoms. The molecule has 0 bridgehead atoms. The number of hydrogen-bond acceptors (Lipinski definition) is 3. The lowest BCUT2D eigenvalue weighted by Gasteiger charge is -2.34. The third-order valence-electron chi connectivity index (χ3n) is 3.76. The number of hydrogen-bond donors (Lipinski definition) is 2. The van der Waals surface area contributed by atoms with E-state index in [1.807, 2.05) is 0 Å². The predicted molar refractivity (Wildman–Crippen MR) is 73.6 cm³/mol. The Morgan fingerprint density at radius 1 is 1.29 bits per heavy atom. The molecule has 114 valence electrons. The Bertz CT molecular complexity index is 566. The monoisotopic (exact) mass is 315 g/mol. The molecule has 2 rings (SSSR count). The zero-order valence-electron chi connectivity index (χ0n) is 11.1. The number of carbonyl (C=O) groups is 2. The first-order valence-electron chi connectivity index (χ1n) is 6.51. The third kappa shape index (κ3) is 3.51. The van der Waals surface area contributed by atoms with Gasteiger partial charge in [-0.2, -0.15) is 0 Å². The molecule has 0 radical (unpaired) electrons. The van der Waals surface area contributed by atoms with Crippen LogP contribution in [0.2, 0.25) is 5.02 Å². The van der Waals surface area contributed by atoms with Crippen LogP contribution < -0.4 is 0 Å². The fourth-order valence-corrected chi connectivity index (χ4v) is 2.81. The number of aliphatic carboxylic acids is 2. The normalized spacial score (nSPS) is 23.0. The van der Waals surface area contributed by atoms with Crippen LogP contribution in [-0.2, 0) is 16.1 Å². The van der Waals surface area contributed by atoms with Crippen molar-refractivity contribution in [2.45, 2.75) is 13.0 Å². The van der Waals surface area contributed by atoms with Crippen LogP contribution in [0.1, 0.15) is 12.0 Å². The van der Waals surface area contributed by atoms with E-state index in [0.717, 1.165) is 0 Å². The Kier molecular flexibility index (Phi) is 4.80. The first-order valence-corrected chi connectivity index (χ1v) is 6.88. The molecule has 1 aromatic carbocycles. The van der Waals surface area contributed by atoms with Gasteiger partial charge in [-0.25, -0.2) is 4.39 Å². The van der Waals surface area contributed by atoms with E-state index in [-0.39, 0.29) is 24.5 Å². The number of carboxylic acids is 2. The second-order valence-corrected chi connectivity index (χ2v) is 5.53. The van der Waals surface area contributed by atoms with Crippen molar-refractivity contribution in [3.8, 4) is 0 Å². The third-order valence-corrected chi connectivity index (χ3v) is 4.05. The summed E-state index contributed by atoms with van der Waals surface area (Å²) in [4.78, 5) is 24.0. The van der Waals surface area contributed by atoms with Gasteiger partial charge in [0.1, 0.15) is 5.82 Å².